The van der Waals surface area contributed by atoms with Gasteiger partial charge in [-0.1, -0.05) is 18.2 Å². The Labute approximate surface area is 172 Å². The Hall–Kier alpha value is -2.22. The Morgan fingerprint density at radius 3 is 2.62 bits per heavy atom. The molecule has 1 amide bonds. The predicted molar refractivity (Wildman–Crippen MR) is 112 cm³/mol. The summed E-state index contributed by atoms with van der Waals surface area (Å²) in [6.45, 7) is 1.70. The van der Waals surface area contributed by atoms with Crippen LogP contribution in [0.1, 0.15) is 35.2 Å². The molecule has 1 fully saturated rings. The number of para-hydroxylation sites is 1. The molecule has 2 heterocycles. The smallest absolute Gasteiger partial charge is 0.258 e. The van der Waals surface area contributed by atoms with Crippen LogP contribution in [0.25, 0.3) is 0 Å². The van der Waals surface area contributed by atoms with E-state index in [0.29, 0.717) is 25.3 Å². The predicted octanol–water partition coefficient (Wildman–Crippen LogP) is 3.08. The Bertz CT molecular complexity index is 982. The maximum atomic E-state index is 13.0. The Morgan fingerprint density at radius 2 is 1.90 bits per heavy atom. The summed E-state index contributed by atoms with van der Waals surface area (Å²) in [6.07, 6.45) is 3.69. The molecule has 0 spiro atoms. The van der Waals surface area contributed by atoms with Gasteiger partial charge in [-0.15, -0.1) is 0 Å². The highest BCUT2D eigenvalue weighted by molar-refractivity contribution is 7.89. The van der Waals surface area contributed by atoms with Crippen LogP contribution in [-0.4, -0.2) is 51.5 Å². The van der Waals surface area contributed by atoms with Gasteiger partial charge in [0.05, 0.1) is 11.0 Å². The first-order valence-electron chi connectivity index (χ1n) is 10.0. The Morgan fingerprint density at radius 1 is 1.14 bits per heavy atom. The maximum absolute atomic E-state index is 13.0. The number of sulfonamides is 1. The largest absolute Gasteiger partial charge is 0.377 e. The normalized spacial score (nSPS) is 19.4. The average molecular weight is 415 g/mol. The van der Waals surface area contributed by atoms with Crippen molar-refractivity contribution in [1.29, 1.82) is 0 Å². The first kappa shape index (κ1) is 20.1. The van der Waals surface area contributed by atoms with Gasteiger partial charge in [-0.3, -0.25) is 4.79 Å². The standard InChI is InChI=1S/C22H26N2O4S/c1-23(16-19-8-5-15-28-19)29(26,27)20-12-10-18(11-13-20)22(25)24-14-4-7-17-6-2-3-9-21(17)24/h2-3,6,9-13,19H,4-5,7-8,14-16H2,1H3. The molecule has 2 aromatic rings. The van der Waals surface area contributed by atoms with Gasteiger partial charge in [0.15, 0.2) is 0 Å². The molecule has 0 saturated carbocycles. The number of anilines is 1. The van der Waals surface area contributed by atoms with Crippen LogP contribution in [0.4, 0.5) is 5.69 Å². The summed E-state index contributed by atoms with van der Waals surface area (Å²) < 4.78 is 32.6. The van der Waals surface area contributed by atoms with Crippen LogP contribution in [0.15, 0.2) is 53.4 Å². The first-order chi connectivity index (χ1) is 14.0. The van der Waals surface area contributed by atoms with Crippen LogP contribution < -0.4 is 4.90 Å². The highest BCUT2D eigenvalue weighted by Crippen LogP contribution is 2.28. The molecule has 2 aromatic carbocycles. The van der Waals surface area contributed by atoms with Gasteiger partial charge in [0.25, 0.3) is 5.91 Å². The number of fused-ring (bicyclic) bond motifs is 1. The number of carbonyl (C=O) groups is 1. The third kappa shape index (κ3) is 4.08. The van der Waals surface area contributed by atoms with E-state index < -0.39 is 10.0 Å². The van der Waals surface area contributed by atoms with Crippen LogP contribution in [-0.2, 0) is 21.2 Å². The number of hydrogen-bond donors (Lipinski definition) is 0. The van der Waals surface area contributed by atoms with Crippen molar-refractivity contribution in [3.63, 3.8) is 0 Å². The molecule has 1 unspecified atom stereocenters. The molecule has 2 aliphatic heterocycles. The molecule has 0 radical (unpaired) electrons. The number of amides is 1. The molecule has 0 aromatic heterocycles. The van der Waals surface area contributed by atoms with Gasteiger partial charge in [-0.25, -0.2) is 8.42 Å². The molecule has 29 heavy (non-hydrogen) atoms. The van der Waals surface area contributed by atoms with E-state index >= 15 is 0 Å². The molecule has 2 aliphatic rings. The molecule has 0 bridgehead atoms. The molecule has 154 valence electrons. The van der Waals surface area contributed by atoms with Gasteiger partial charge < -0.3 is 9.64 Å². The lowest BCUT2D eigenvalue weighted by atomic mass is 10.0. The summed E-state index contributed by atoms with van der Waals surface area (Å²) in [6, 6.07) is 14.2. The average Bonchev–Trinajstić information content (AvgIpc) is 3.26. The van der Waals surface area contributed by atoms with E-state index in [1.807, 2.05) is 24.3 Å². The second-order valence-electron chi connectivity index (χ2n) is 7.63. The molecule has 1 atom stereocenters. The lowest BCUT2D eigenvalue weighted by Gasteiger charge is -2.29. The monoisotopic (exact) mass is 414 g/mol. The van der Waals surface area contributed by atoms with Crippen molar-refractivity contribution in [1.82, 2.24) is 4.31 Å². The van der Waals surface area contributed by atoms with Crippen LogP contribution in [0.2, 0.25) is 0 Å². The number of carbonyl (C=O) groups excluding carboxylic acids is 1. The molecule has 0 aliphatic carbocycles. The zero-order valence-corrected chi connectivity index (χ0v) is 17.4. The number of ether oxygens (including phenoxy) is 1. The zero-order valence-electron chi connectivity index (χ0n) is 16.6. The van der Waals surface area contributed by atoms with Gasteiger partial charge in [0.2, 0.25) is 10.0 Å². The van der Waals surface area contributed by atoms with E-state index in [0.717, 1.165) is 31.4 Å². The van der Waals surface area contributed by atoms with E-state index in [1.54, 1.807) is 24.1 Å². The number of likely N-dealkylation sites (N-methyl/N-ethyl adjacent to an activating group) is 1. The molecule has 7 heteroatoms. The highest BCUT2D eigenvalue weighted by atomic mass is 32.2. The summed E-state index contributed by atoms with van der Waals surface area (Å²) in [5.41, 5.74) is 2.60. The van der Waals surface area contributed by atoms with Crippen LogP contribution >= 0.6 is 0 Å². The number of benzene rings is 2. The van der Waals surface area contributed by atoms with E-state index in [2.05, 4.69) is 0 Å². The number of nitrogens with zero attached hydrogens (tertiary/aromatic N) is 2. The van der Waals surface area contributed by atoms with Gasteiger partial charge in [0.1, 0.15) is 0 Å². The molecule has 6 nitrogen and oxygen atoms in total. The molecular formula is C22H26N2O4S. The second kappa shape index (κ2) is 8.26. The fourth-order valence-corrected chi connectivity index (χ4v) is 5.23. The van der Waals surface area contributed by atoms with Crippen LogP contribution in [0, 0.1) is 0 Å². The SMILES string of the molecule is CN(CC1CCCO1)S(=O)(=O)c1ccc(C(=O)N2CCCc3ccccc32)cc1. The maximum Gasteiger partial charge on any atom is 0.258 e. The molecule has 0 N–H and O–H groups in total. The number of aryl methyl sites for hydroxylation is 1. The van der Waals surface area contributed by atoms with Crippen molar-refractivity contribution in [3.8, 4) is 0 Å². The van der Waals surface area contributed by atoms with E-state index in [1.165, 1.54) is 22.0 Å². The van der Waals surface area contributed by atoms with Crippen molar-refractivity contribution in [3.05, 3.63) is 59.7 Å². The quantitative estimate of drug-likeness (QED) is 0.754. The van der Waals surface area contributed by atoms with Gasteiger partial charge in [0, 0.05) is 38.0 Å². The minimum absolute atomic E-state index is 0.0465. The summed E-state index contributed by atoms with van der Waals surface area (Å²) in [7, 11) is -2.04. The minimum atomic E-state index is -3.61. The third-order valence-corrected chi connectivity index (χ3v) is 7.49. The molecular weight excluding hydrogens is 388 g/mol. The fraction of sp³-hybridized carbons (Fsp3) is 0.409. The van der Waals surface area contributed by atoms with E-state index in [-0.39, 0.29) is 16.9 Å². The van der Waals surface area contributed by atoms with Crippen molar-refractivity contribution in [2.24, 2.45) is 0 Å². The van der Waals surface area contributed by atoms with E-state index in [4.69, 9.17) is 4.74 Å². The summed E-state index contributed by atoms with van der Waals surface area (Å²) in [5.74, 6) is -0.103. The van der Waals surface area contributed by atoms with Crippen LogP contribution in [0.3, 0.4) is 0 Å². The highest BCUT2D eigenvalue weighted by Gasteiger charge is 2.27. The second-order valence-corrected chi connectivity index (χ2v) is 9.68. The Kier molecular flexibility index (Phi) is 5.72. The lowest BCUT2D eigenvalue weighted by Crippen LogP contribution is -2.35. The molecule has 4 rings (SSSR count). The summed E-state index contributed by atoms with van der Waals surface area (Å²) in [4.78, 5) is 15.0. The topological polar surface area (TPSA) is 66.9 Å². The third-order valence-electron chi connectivity index (χ3n) is 5.65. The van der Waals surface area contributed by atoms with Gasteiger partial charge in [-0.05, 0) is 61.6 Å². The lowest BCUT2D eigenvalue weighted by molar-refractivity contribution is 0.0978. The van der Waals surface area contributed by atoms with Gasteiger partial charge in [-0.2, -0.15) is 4.31 Å². The van der Waals surface area contributed by atoms with Crippen LogP contribution in [0.5, 0.6) is 0 Å². The van der Waals surface area contributed by atoms with Crippen molar-refractivity contribution in [2.45, 2.75) is 36.7 Å². The van der Waals surface area contributed by atoms with Crippen molar-refractivity contribution in [2.75, 3.05) is 31.6 Å². The van der Waals surface area contributed by atoms with Gasteiger partial charge >= 0.3 is 0 Å². The Balaban J connectivity index is 1.51. The summed E-state index contributed by atoms with van der Waals surface area (Å²) in [5, 5.41) is 0. The first-order valence-corrected chi connectivity index (χ1v) is 11.5. The fourth-order valence-electron chi connectivity index (χ4n) is 4.02. The number of hydrogen-bond acceptors (Lipinski definition) is 4. The number of rotatable bonds is 5. The van der Waals surface area contributed by atoms with Crippen molar-refractivity contribution >= 4 is 21.6 Å². The zero-order chi connectivity index (χ0) is 20.4. The summed E-state index contributed by atoms with van der Waals surface area (Å²) >= 11 is 0. The van der Waals surface area contributed by atoms with Crippen molar-refractivity contribution < 1.29 is 17.9 Å². The molecule has 1 saturated heterocycles. The van der Waals surface area contributed by atoms with E-state index in [9.17, 15) is 13.2 Å². The minimum Gasteiger partial charge on any atom is -0.377 e.